The molecule has 5 rings (SSSR count). The van der Waals surface area contributed by atoms with E-state index in [1.807, 2.05) is 49.1 Å². The number of halogens is 1. The molecule has 8 heteroatoms. The number of anilines is 2. The molecular formula is C29H28FN5O2. The number of nitrogens with zero attached hydrogens (tertiary/aromatic N) is 4. The summed E-state index contributed by atoms with van der Waals surface area (Å²) in [6.07, 6.45) is 3.34. The number of hydrogen-bond acceptors (Lipinski definition) is 4. The zero-order valence-electron chi connectivity index (χ0n) is 20.8. The number of benzene rings is 3. The first-order chi connectivity index (χ1) is 17.9. The van der Waals surface area contributed by atoms with Crippen molar-refractivity contribution in [2.24, 2.45) is 0 Å². The van der Waals surface area contributed by atoms with Crippen LogP contribution in [-0.2, 0) is 0 Å². The van der Waals surface area contributed by atoms with Crippen molar-refractivity contribution in [1.82, 2.24) is 14.7 Å². The maximum atomic E-state index is 13.2. The summed E-state index contributed by atoms with van der Waals surface area (Å²) in [6, 6.07) is 19.4. The SMILES string of the molecule is Cc1ccc(C(=O)Nc2cnn(-c3ccc(C(=O)N4CCN(c5ccc(F)cc5)CC4)cc3)c2)c(C)c1. The van der Waals surface area contributed by atoms with Crippen LogP contribution in [0.4, 0.5) is 15.8 Å². The summed E-state index contributed by atoms with van der Waals surface area (Å²) in [5, 5.41) is 7.25. The maximum absolute atomic E-state index is 13.2. The normalized spacial score (nSPS) is 13.5. The van der Waals surface area contributed by atoms with E-state index in [1.165, 1.54) is 12.1 Å². The first kappa shape index (κ1) is 24.2. The molecule has 0 spiro atoms. The quantitative estimate of drug-likeness (QED) is 0.428. The molecule has 0 aliphatic carbocycles. The minimum atomic E-state index is -0.255. The molecule has 0 radical (unpaired) electrons. The van der Waals surface area contributed by atoms with E-state index in [0.29, 0.717) is 43.0 Å². The molecule has 3 aromatic carbocycles. The van der Waals surface area contributed by atoms with Crippen molar-refractivity contribution in [2.75, 3.05) is 36.4 Å². The van der Waals surface area contributed by atoms with Gasteiger partial charge in [0.1, 0.15) is 5.82 Å². The highest BCUT2D eigenvalue weighted by Crippen LogP contribution is 2.20. The molecular weight excluding hydrogens is 469 g/mol. The fraction of sp³-hybridized carbons (Fsp3) is 0.207. The van der Waals surface area contributed by atoms with E-state index in [2.05, 4.69) is 15.3 Å². The second-order valence-corrected chi connectivity index (χ2v) is 9.25. The zero-order valence-corrected chi connectivity index (χ0v) is 20.8. The van der Waals surface area contributed by atoms with Gasteiger partial charge in [-0.3, -0.25) is 9.59 Å². The van der Waals surface area contributed by atoms with E-state index < -0.39 is 0 Å². The van der Waals surface area contributed by atoms with Crippen LogP contribution in [0.3, 0.4) is 0 Å². The van der Waals surface area contributed by atoms with Gasteiger partial charge in [0.2, 0.25) is 0 Å². The summed E-state index contributed by atoms with van der Waals surface area (Å²) in [7, 11) is 0. The molecule has 2 heterocycles. The average molecular weight is 498 g/mol. The molecule has 1 saturated heterocycles. The fourth-order valence-electron chi connectivity index (χ4n) is 4.55. The highest BCUT2D eigenvalue weighted by Gasteiger charge is 2.22. The number of hydrogen-bond donors (Lipinski definition) is 1. The molecule has 1 aliphatic rings. The number of nitrogens with one attached hydrogen (secondary N) is 1. The molecule has 0 saturated carbocycles. The Balaban J connectivity index is 1.19. The molecule has 0 atom stereocenters. The van der Waals surface area contributed by atoms with Crippen LogP contribution < -0.4 is 10.2 Å². The Morgan fingerprint density at radius 2 is 1.54 bits per heavy atom. The molecule has 1 fully saturated rings. The van der Waals surface area contributed by atoms with Crippen molar-refractivity contribution in [3.8, 4) is 5.69 Å². The minimum absolute atomic E-state index is 0.0211. The standard InChI is InChI=1S/C29H28FN5O2/c1-20-3-12-27(21(2)17-20)28(36)32-24-18-31-35(19-24)26-8-4-22(5-9-26)29(37)34-15-13-33(14-16-34)25-10-6-23(30)7-11-25/h3-12,17-19H,13-16H2,1-2H3,(H,32,36). The van der Waals surface area contributed by atoms with Crippen LogP contribution in [0.2, 0.25) is 0 Å². The van der Waals surface area contributed by atoms with E-state index >= 15 is 0 Å². The van der Waals surface area contributed by atoms with Gasteiger partial charge in [0.15, 0.2) is 0 Å². The van der Waals surface area contributed by atoms with Crippen molar-refractivity contribution < 1.29 is 14.0 Å². The van der Waals surface area contributed by atoms with E-state index in [0.717, 1.165) is 22.5 Å². The smallest absolute Gasteiger partial charge is 0.256 e. The Hall–Kier alpha value is -4.46. The van der Waals surface area contributed by atoms with Gasteiger partial charge in [-0.1, -0.05) is 17.7 Å². The number of aromatic nitrogens is 2. The third-order valence-electron chi connectivity index (χ3n) is 6.60. The topological polar surface area (TPSA) is 70.5 Å². The Bertz CT molecular complexity index is 1420. The number of piperazine rings is 1. The average Bonchev–Trinajstić information content (AvgIpc) is 3.37. The van der Waals surface area contributed by atoms with Gasteiger partial charge in [0, 0.05) is 43.0 Å². The van der Waals surface area contributed by atoms with E-state index in [1.54, 1.807) is 41.3 Å². The van der Waals surface area contributed by atoms with Gasteiger partial charge in [0.25, 0.3) is 11.8 Å². The second kappa shape index (κ2) is 10.3. The van der Waals surface area contributed by atoms with Gasteiger partial charge in [-0.25, -0.2) is 9.07 Å². The third-order valence-corrected chi connectivity index (χ3v) is 6.60. The lowest BCUT2D eigenvalue weighted by molar-refractivity contribution is 0.0746. The molecule has 188 valence electrons. The molecule has 0 bridgehead atoms. The van der Waals surface area contributed by atoms with E-state index in [4.69, 9.17) is 0 Å². The lowest BCUT2D eigenvalue weighted by Gasteiger charge is -2.36. The Morgan fingerprint density at radius 3 is 2.22 bits per heavy atom. The van der Waals surface area contributed by atoms with Gasteiger partial charge >= 0.3 is 0 Å². The Labute approximate surface area is 215 Å². The monoisotopic (exact) mass is 497 g/mol. The molecule has 1 aliphatic heterocycles. The first-order valence-electron chi connectivity index (χ1n) is 12.2. The third kappa shape index (κ3) is 5.38. The highest BCUT2D eigenvalue weighted by molar-refractivity contribution is 6.05. The Kier molecular flexibility index (Phi) is 6.72. The van der Waals surface area contributed by atoms with E-state index in [-0.39, 0.29) is 17.6 Å². The van der Waals surface area contributed by atoms with Crippen molar-refractivity contribution in [3.63, 3.8) is 0 Å². The van der Waals surface area contributed by atoms with Gasteiger partial charge in [0.05, 0.1) is 23.8 Å². The van der Waals surface area contributed by atoms with Crippen LogP contribution in [0.25, 0.3) is 5.69 Å². The first-order valence-corrected chi connectivity index (χ1v) is 12.2. The van der Waals surface area contributed by atoms with Crippen molar-refractivity contribution in [1.29, 1.82) is 0 Å². The van der Waals surface area contributed by atoms with Crippen LogP contribution in [-0.4, -0.2) is 52.7 Å². The number of carbonyl (C=O) groups excluding carboxylic acids is 2. The maximum Gasteiger partial charge on any atom is 0.256 e. The van der Waals surface area contributed by atoms with Gasteiger partial charge in [-0.15, -0.1) is 0 Å². The predicted molar refractivity (Wildman–Crippen MR) is 142 cm³/mol. The number of rotatable bonds is 5. The fourth-order valence-corrected chi connectivity index (χ4v) is 4.55. The van der Waals surface area contributed by atoms with Crippen LogP contribution in [0.5, 0.6) is 0 Å². The molecule has 37 heavy (non-hydrogen) atoms. The van der Waals surface area contributed by atoms with Crippen LogP contribution in [0, 0.1) is 19.7 Å². The van der Waals surface area contributed by atoms with Crippen LogP contribution in [0.1, 0.15) is 31.8 Å². The summed E-state index contributed by atoms with van der Waals surface area (Å²) < 4.78 is 14.9. The summed E-state index contributed by atoms with van der Waals surface area (Å²) >= 11 is 0. The van der Waals surface area contributed by atoms with Crippen LogP contribution >= 0.6 is 0 Å². The molecule has 0 unspecified atom stereocenters. The molecule has 2 amide bonds. The second-order valence-electron chi connectivity index (χ2n) is 9.25. The zero-order chi connectivity index (χ0) is 25.9. The lowest BCUT2D eigenvalue weighted by Crippen LogP contribution is -2.48. The van der Waals surface area contributed by atoms with Crippen molar-refractivity contribution in [2.45, 2.75) is 13.8 Å². The molecule has 7 nitrogen and oxygen atoms in total. The number of aryl methyl sites for hydroxylation is 2. The van der Waals surface area contributed by atoms with Crippen molar-refractivity contribution in [3.05, 3.63) is 107 Å². The van der Waals surface area contributed by atoms with Gasteiger partial charge < -0.3 is 15.1 Å². The predicted octanol–water partition coefficient (Wildman–Crippen LogP) is 4.84. The highest BCUT2D eigenvalue weighted by atomic mass is 19.1. The lowest BCUT2D eigenvalue weighted by atomic mass is 10.1. The number of carbonyl (C=O) groups is 2. The minimum Gasteiger partial charge on any atom is -0.368 e. The Morgan fingerprint density at radius 1 is 0.865 bits per heavy atom. The van der Waals surface area contributed by atoms with Gasteiger partial charge in [-0.05, 0) is 74.0 Å². The molecule has 1 aromatic heterocycles. The van der Waals surface area contributed by atoms with Crippen molar-refractivity contribution >= 4 is 23.2 Å². The number of amides is 2. The molecule has 1 N–H and O–H groups in total. The largest absolute Gasteiger partial charge is 0.368 e. The molecule has 4 aromatic rings. The summed E-state index contributed by atoms with van der Waals surface area (Å²) in [5.41, 5.74) is 5.59. The summed E-state index contributed by atoms with van der Waals surface area (Å²) in [5.74, 6) is -0.459. The summed E-state index contributed by atoms with van der Waals surface area (Å²) in [4.78, 5) is 29.7. The van der Waals surface area contributed by atoms with Gasteiger partial charge in [-0.2, -0.15) is 5.10 Å². The summed E-state index contributed by atoms with van der Waals surface area (Å²) in [6.45, 7) is 6.49. The van der Waals surface area contributed by atoms with E-state index in [9.17, 15) is 14.0 Å². The van der Waals surface area contributed by atoms with Crippen LogP contribution in [0.15, 0.2) is 79.1 Å².